The van der Waals surface area contributed by atoms with Crippen molar-refractivity contribution in [2.24, 2.45) is 0 Å². The molecule has 0 saturated carbocycles. The normalized spacial score (nSPS) is 10.9. The van der Waals surface area contributed by atoms with Gasteiger partial charge in [0, 0.05) is 16.7 Å². The van der Waals surface area contributed by atoms with Gasteiger partial charge in [0.2, 0.25) is 5.78 Å². The topological polar surface area (TPSA) is 51.2 Å². The zero-order valence-corrected chi connectivity index (χ0v) is 10.0. The van der Waals surface area contributed by atoms with Crippen molar-refractivity contribution >= 4 is 53.2 Å². The van der Waals surface area contributed by atoms with Crippen LogP contribution in [-0.2, 0) is 0 Å². The number of hydrogen-bond donors (Lipinski definition) is 0. The number of aldehydes is 2. The average molecular weight is 280 g/mol. The lowest BCUT2D eigenvalue weighted by atomic mass is 10.0. The van der Waals surface area contributed by atoms with Crippen LogP contribution in [0.4, 0.5) is 0 Å². The van der Waals surface area contributed by atoms with E-state index in [9.17, 15) is 14.4 Å². The number of carbonyl (C=O) groups is 3. The third-order valence-electron chi connectivity index (χ3n) is 1.89. The Morgan fingerprint density at radius 1 is 1.12 bits per heavy atom. The molecule has 1 aromatic carbocycles. The molecule has 0 saturated heterocycles. The smallest absolute Gasteiger partial charge is 0.253 e. The second-order valence-corrected chi connectivity index (χ2v) is 5.15. The molecule has 1 rings (SSSR count). The number of rotatable bonds is 3. The second-order valence-electron chi connectivity index (χ2n) is 2.87. The van der Waals surface area contributed by atoms with Crippen LogP contribution in [0.3, 0.4) is 0 Å². The predicted molar refractivity (Wildman–Crippen MR) is 61.8 cm³/mol. The number of ketones is 1. The minimum atomic E-state index is -2.15. The van der Waals surface area contributed by atoms with Gasteiger partial charge in [-0.3, -0.25) is 14.4 Å². The quantitative estimate of drug-likeness (QED) is 0.486. The number of Topliss-reactive ketones (excluding diaryl/α,β-unsaturated/α-hetero) is 1. The van der Waals surface area contributed by atoms with Gasteiger partial charge in [-0.2, -0.15) is 0 Å². The lowest BCUT2D eigenvalue weighted by Crippen LogP contribution is -2.21. The number of carbonyl (C=O) groups excluding carboxylic acids is 3. The van der Waals surface area contributed by atoms with E-state index in [1.165, 1.54) is 18.2 Å². The fourth-order valence-corrected chi connectivity index (χ4v) is 1.47. The van der Waals surface area contributed by atoms with E-state index in [0.717, 1.165) is 0 Å². The molecule has 0 fully saturated rings. The Morgan fingerprint density at radius 3 is 2.19 bits per heavy atom. The monoisotopic (exact) mass is 278 g/mol. The molecule has 0 radical (unpaired) electrons. The first kappa shape index (κ1) is 13.2. The van der Waals surface area contributed by atoms with Crippen LogP contribution in [0.5, 0.6) is 0 Å². The van der Waals surface area contributed by atoms with E-state index in [1.807, 2.05) is 0 Å². The summed E-state index contributed by atoms with van der Waals surface area (Å²) in [6.07, 6.45) is 0.840. The van der Waals surface area contributed by atoms with E-state index in [-0.39, 0.29) is 16.7 Å². The zero-order chi connectivity index (χ0) is 12.3. The highest BCUT2D eigenvalue weighted by molar-refractivity contribution is 6.77. The van der Waals surface area contributed by atoms with E-state index in [0.29, 0.717) is 12.6 Å². The molecule has 3 nitrogen and oxygen atoms in total. The molecule has 0 aliphatic carbocycles. The molecule has 0 amide bonds. The molecule has 0 bridgehead atoms. The summed E-state index contributed by atoms with van der Waals surface area (Å²) >= 11 is 16.3. The Morgan fingerprint density at radius 2 is 1.75 bits per heavy atom. The number of alkyl halides is 3. The van der Waals surface area contributed by atoms with Crippen molar-refractivity contribution in [3.63, 3.8) is 0 Å². The van der Waals surface area contributed by atoms with Crippen molar-refractivity contribution in [2.75, 3.05) is 0 Å². The first-order valence-electron chi connectivity index (χ1n) is 4.06. The van der Waals surface area contributed by atoms with Gasteiger partial charge in [-0.1, -0.05) is 53.0 Å². The molecule has 0 unspecified atom stereocenters. The number of hydrogen-bond acceptors (Lipinski definition) is 3. The SMILES string of the molecule is O=Cc1cccc(C(=O)C(Cl)(Cl)Cl)c1C=O. The largest absolute Gasteiger partial charge is 0.298 e. The maximum Gasteiger partial charge on any atom is 0.253 e. The summed E-state index contributed by atoms with van der Waals surface area (Å²) in [7, 11) is 0. The highest BCUT2D eigenvalue weighted by Crippen LogP contribution is 2.31. The van der Waals surface area contributed by atoms with Crippen LogP contribution in [0.2, 0.25) is 0 Å². The van der Waals surface area contributed by atoms with E-state index in [4.69, 9.17) is 34.8 Å². The maximum absolute atomic E-state index is 11.6. The minimum Gasteiger partial charge on any atom is -0.298 e. The van der Waals surface area contributed by atoms with Crippen molar-refractivity contribution in [2.45, 2.75) is 3.79 Å². The highest BCUT2D eigenvalue weighted by Gasteiger charge is 2.33. The van der Waals surface area contributed by atoms with Crippen LogP contribution in [0.25, 0.3) is 0 Å². The van der Waals surface area contributed by atoms with Crippen LogP contribution in [0, 0.1) is 0 Å². The zero-order valence-electron chi connectivity index (χ0n) is 7.75. The fraction of sp³-hybridized carbons (Fsp3) is 0.100. The van der Waals surface area contributed by atoms with Crippen molar-refractivity contribution in [1.82, 2.24) is 0 Å². The molecular formula is C10H5Cl3O3. The lowest BCUT2D eigenvalue weighted by Gasteiger charge is -2.11. The Kier molecular flexibility index (Phi) is 4.08. The molecule has 0 aliphatic rings. The lowest BCUT2D eigenvalue weighted by molar-refractivity contribution is 0.0989. The predicted octanol–water partition coefficient (Wildman–Crippen LogP) is 2.86. The summed E-state index contributed by atoms with van der Waals surface area (Å²) in [5.74, 6) is -0.844. The maximum atomic E-state index is 11.6. The molecule has 0 aromatic heterocycles. The van der Waals surface area contributed by atoms with Gasteiger partial charge in [0.1, 0.15) is 0 Å². The summed E-state index contributed by atoms with van der Waals surface area (Å²) < 4.78 is -2.15. The van der Waals surface area contributed by atoms with E-state index < -0.39 is 9.58 Å². The van der Waals surface area contributed by atoms with Crippen LogP contribution >= 0.6 is 34.8 Å². The van der Waals surface area contributed by atoms with Gasteiger partial charge in [-0.15, -0.1) is 0 Å². The summed E-state index contributed by atoms with van der Waals surface area (Å²) in [6, 6.07) is 4.15. The summed E-state index contributed by atoms with van der Waals surface area (Å²) in [6.45, 7) is 0. The van der Waals surface area contributed by atoms with Crippen molar-refractivity contribution < 1.29 is 14.4 Å². The summed E-state index contributed by atoms with van der Waals surface area (Å²) in [5, 5.41) is 0. The highest BCUT2D eigenvalue weighted by atomic mass is 35.6. The molecule has 0 aliphatic heterocycles. The average Bonchev–Trinajstić information content (AvgIpc) is 2.25. The molecule has 0 atom stereocenters. The van der Waals surface area contributed by atoms with Gasteiger partial charge in [0.05, 0.1) is 0 Å². The standard InChI is InChI=1S/C10H5Cl3O3/c11-10(12,13)9(16)7-3-1-2-6(4-14)8(7)5-15/h1-5H. The fourth-order valence-electron chi connectivity index (χ4n) is 1.17. The van der Waals surface area contributed by atoms with Crippen LogP contribution in [0.1, 0.15) is 31.1 Å². The van der Waals surface area contributed by atoms with Gasteiger partial charge in [0.15, 0.2) is 12.6 Å². The summed E-state index contributed by atoms with van der Waals surface area (Å²) in [4.78, 5) is 33.1. The number of benzene rings is 1. The van der Waals surface area contributed by atoms with Gasteiger partial charge in [-0.05, 0) is 0 Å². The molecule has 1 aromatic rings. The molecular weight excluding hydrogens is 274 g/mol. The molecule has 0 heterocycles. The van der Waals surface area contributed by atoms with Crippen LogP contribution in [-0.4, -0.2) is 22.1 Å². The second kappa shape index (κ2) is 4.95. The Balaban J connectivity index is 3.40. The van der Waals surface area contributed by atoms with E-state index >= 15 is 0 Å². The Bertz CT molecular complexity index is 449. The molecule has 16 heavy (non-hydrogen) atoms. The number of halogens is 3. The van der Waals surface area contributed by atoms with Crippen molar-refractivity contribution in [1.29, 1.82) is 0 Å². The first-order valence-corrected chi connectivity index (χ1v) is 5.20. The molecule has 6 heteroatoms. The molecule has 0 spiro atoms. The van der Waals surface area contributed by atoms with Gasteiger partial charge in [-0.25, -0.2) is 0 Å². The summed E-state index contributed by atoms with van der Waals surface area (Å²) in [5.41, 5.74) is -0.0801. The van der Waals surface area contributed by atoms with Crippen LogP contribution in [0.15, 0.2) is 18.2 Å². The minimum absolute atomic E-state index is 0.0752. The first-order chi connectivity index (χ1) is 7.41. The molecule has 0 N–H and O–H groups in total. The Hall–Kier alpha value is -0.900. The molecule has 84 valence electrons. The van der Waals surface area contributed by atoms with Crippen molar-refractivity contribution in [3.8, 4) is 0 Å². The third-order valence-corrected chi connectivity index (χ3v) is 2.40. The van der Waals surface area contributed by atoms with E-state index in [1.54, 1.807) is 0 Å². The van der Waals surface area contributed by atoms with Gasteiger partial charge in [0.25, 0.3) is 3.79 Å². The van der Waals surface area contributed by atoms with E-state index in [2.05, 4.69) is 0 Å². The third kappa shape index (κ3) is 2.61. The van der Waals surface area contributed by atoms with Crippen molar-refractivity contribution in [3.05, 3.63) is 34.9 Å². The Labute approximate surface area is 106 Å². The van der Waals surface area contributed by atoms with Gasteiger partial charge < -0.3 is 0 Å². The van der Waals surface area contributed by atoms with Crippen LogP contribution < -0.4 is 0 Å². The van der Waals surface area contributed by atoms with Gasteiger partial charge >= 0.3 is 0 Å².